The van der Waals surface area contributed by atoms with E-state index in [1.807, 2.05) is 14.0 Å². The summed E-state index contributed by atoms with van der Waals surface area (Å²) in [6.07, 6.45) is 0. The van der Waals surface area contributed by atoms with Gasteiger partial charge in [0.25, 0.3) is 5.91 Å². The first-order valence-corrected chi connectivity index (χ1v) is 6.97. The number of amides is 3. The number of hydrogen-bond donors (Lipinski definition) is 4. The number of nitrogens with one attached hydrogen (secondary N) is 4. The monoisotopic (exact) mass is 342 g/mol. The zero-order chi connectivity index (χ0) is 16.7. The van der Waals surface area contributed by atoms with E-state index in [-0.39, 0.29) is 36.2 Å². The molecule has 1 atom stereocenters. The molecule has 1 aromatic carbocycles. The number of carbonyl (C=O) groups excluding carboxylic acids is 3. The Kier molecular flexibility index (Phi) is 8.90. The molecule has 7 nitrogen and oxygen atoms in total. The molecule has 3 amide bonds. The van der Waals surface area contributed by atoms with Gasteiger partial charge in [-0.05, 0) is 32.2 Å². The highest BCUT2D eigenvalue weighted by atomic mass is 35.5. The van der Waals surface area contributed by atoms with Gasteiger partial charge in [0, 0.05) is 43.4 Å². The van der Waals surface area contributed by atoms with Gasteiger partial charge in [0.1, 0.15) is 0 Å². The van der Waals surface area contributed by atoms with Crippen LogP contribution in [0.3, 0.4) is 0 Å². The lowest BCUT2D eigenvalue weighted by atomic mass is 10.1. The van der Waals surface area contributed by atoms with E-state index in [0.29, 0.717) is 23.5 Å². The summed E-state index contributed by atoms with van der Waals surface area (Å²) in [5.74, 6) is -0.786. The fourth-order valence-corrected chi connectivity index (χ4v) is 1.76. The highest BCUT2D eigenvalue weighted by Crippen LogP contribution is 2.19. The summed E-state index contributed by atoms with van der Waals surface area (Å²) in [5, 5.41) is 11.0. The van der Waals surface area contributed by atoms with Crippen LogP contribution >= 0.6 is 12.4 Å². The zero-order valence-corrected chi connectivity index (χ0v) is 14.5. The SMILES string of the molecule is CNC(C)CNC(=O)c1cc(NC(C)=O)cc(NC(C)=O)c1.Cl. The molecule has 0 aliphatic heterocycles. The standard InChI is InChI=1S/C15H22N4O3.ClH/c1-9(16-4)8-17-15(22)12-5-13(18-10(2)20)7-14(6-12)19-11(3)21;/h5-7,9,16H,8H2,1-4H3,(H,17,22)(H,18,20)(H,19,21);1H. The first kappa shape index (κ1) is 20.9. The summed E-state index contributed by atoms with van der Waals surface area (Å²) in [7, 11) is 1.81. The highest BCUT2D eigenvalue weighted by molar-refractivity contribution is 5.99. The average Bonchev–Trinajstić information content (AvgIpc) is 2.42. The van der Waals surface area contributed by atoms with Gasteiger partial charge in [-0.2, -0.15) is 0 Å². The molecule has 4 N–H and O–H groups in total. The molecule has 8 heteroatoms. The summed E-state index contributed by atoms with van der Waals surface area (Å²) in [6, 6.07) is 4.85. The Balaban J connectivity index is 0.00000484. The fourth-order valence-electron chi connectivity index (χ4n) is 1.76. The molecule has 23 heavy (non-hydrogen) atoms. The van der Waals surface area contributed by atoms with Crippen LogP contribution in [0.25, 0.3) is 0 Å². The first-order chi connectivity index (χ1) is 10.3. The van der Waals surface area contributed by atoms with Gasteiger partial charge < -0.3 is 21.3 Å². The van der Waals surface area contributed by atoms with Crippen LogP contribution in [0.5, 0.6) is 0 Å². The van der Waals surface area contributed by atoms with Gasteiger partial charge in [0.15, 0.2) is 0 Å². The third-order valence-electron chi connectivity index (χ3n) is 2.90. The van der Waals surface area contributed by atoms with Gasteiger partial charge in [0.2, 0.25) is 11.8 Å². The molecule has 0 aliphatic rings. The minimum Gasteiger partial charge on any atom is -0.350 e. The maximum absolute atomic E-state index is 12.2. The average molecular weight is 343 g/mol. The second-order valence-electron chi connectivity index (χ2n) is 5.06. The Labute approximate surface area is 142 Å². The third kappa shape index (κ3) is 7.62. The van der Waals surface area contributed by atoms with Crippen molar-refractivity contribution in [3.05, 3.63) is 23.8 Å². The molecular formula is C15H23ClN4O3. The summed E-state index contributed by atoms with van der Waals surface area (Å²) in [6.45, 7) is 5.16. The second-order valence-corrected chi connectivity index (χ2v) is 5.06. The molecule has 0 fully saturated rings. The van der Waals surface area contributed by atoms with E-state index in [4.69, 9.17) is 0 Å². The molecule has 1 aromatic rings. The quantitative estimate of drug-likeness (QED) is 0.627. The van der Waals surface area contributed by atoms with Crippen molar-refractivity contribution in [1.82, 2.24) is 10.6 Å². The summed E-state index contributed by atoms with van der Waals surface area (Å²) in [4.78, 5) is 34.5. The maximum Gasteiger partial charge on any atom is 0.251 e. The van der Waals surface area contributed by atoms with Crippen LogP contribution in [0.15, 0.2) is 18.2 Å². The van der Waals surface area contributed by atoms with Crippen molar-refractivity contribution < 1.29 is 14.4 Å². The molecule has 0 aromatic heterocycles. The normalized spacial score (nSPS) is 11.0. The van der Waals surface area contributed by atoms with Crippen molar-refractivity contribution in [1.29, 1.82) is 0 Å². The van der Waals surface area contributed by atoms with Gasteiger partial charge in [-0.3, -0.25) is 14.4 Å². The predicted molar refractivity (Wildman–Crippen MR) is 93.2 cm³/mol. The molecular weight excluding hydrogens is 320 g/mol. The van der Waals surface area contributed by atoms with Gasteiger partial charge >= 0.3 is 0 Å². The van der Waals surface area contributed by atoms with Crippen LogP contribution in [-0.4, -0.2) is 37.4 Å². The fraction of sp³-hybridized carbons (Fsp3) is 0.400. The number of rotatable bonds is 6. The number of halogens is 1. The Bertz CT molecular complexity index is 544. The van der Waals surface area contributed by atoms with E-state index in [0.717, 1.165) is 0 Å². The molecule has 0 spiro atoms. The van der Waals surface area contributed by atoms with Crippen LogP contribution in [0, 0.1) is 0 Å². The van der Waals surface area contributed by atoms with Crippen LogP contribution in [0.1, 0.15) is 31.1 Å². The van der Waals surface area contributed by atoms with E-state index in [9.17, 15) is 14.4 Å². The van der Waals surface area contributed by atoms with E-state index in [1.165, 1.54) is 13.8 Å². The third-order valence-corrected chi connectivity index (χ3v) is 2.90. The molecule has 128 valence electrons. The Morgan fingerprint density at radius 1 is 1.00 bits per heavy atom. The van der Waals surface area contributed by atoms with Crippen molar-refractivity contribution in [3.8, 4) is 0 Å². The number of anilines is 2. The smallest absolute Gasteiger partial charge is 0.251 e. The molecule has 0 heterocycles. The van der Waals surface area contributed by atoms with Crippen molar-refractivity contribution in [2.75, 3.05) is 24.2 Å². The van der Waals surface area contributed by atoms with Crippen LogP contribution in [0.4, 0.5) is 11.4 Å². The Hall–Kier alpha value is -2.12. The number of likely N-dealkylation sites (N-methyl/N-ethyl adjacent to an activating group) is 1. The maximum atomic E-state index is 12.2. The van der Waals surface area contributed by atoms with E-state index in [1.54, 1.807) is 18.2 Å². The molecule has 1 rings (SSSR count). The van der Waals surface area contributed by atoms with Crippen molar-refractivity contribution in [2.45, 2.75) is 26.8 Å². The zero-order valence-electron chi connectivity index (χ0n) is 13.6. The van der Waals surface area contributed by atoms with E-state index in [2.05, 4.69) is 21.3 Å². The van der Waals surface area contributed by atoms with Gasteiger partial charge in [-0.1, -0.05) is 0 Å². The summed E-state index contributed by atoms with van der Waals surface area (Å²) >= 11 is 0. The lowest BCUT2D eigenvalue weighted by Gasteiger charge is -2.13. The molecule has 0 aliphatic carbocycles. The lowest BCUT2D eigenvalue weighted by molar-refractivity contribution is -0.115. The summed E-state index contributed by atoms with van der Waals surface area (Å²) in [5.41, 5.74) is 1.26. The first-order valence-electron chi connectivity index (χ1n) is 6.97. The second kappa shape index (κ2) is 9.81. The molecule has 0 radical (unpaired) electrons. The Morgan fingerprint density at radius 2 is 1.48 bits per heavy atom. The molecule has 1 unspecified atom stereocenters. The minimum atomic E-state index is -0.277. The van der Waals surface area contributed by atoms with Crippen molar-refractivity contribution in [2.24, 2.45) is 0 Å². The van der Waals surface area contributed by atoms with Crippen molar-refractivity contribution >= 4 is 41.5 Å². The van der Waals surface area contributed by atoms with E-state index < -0.39 is 0 Å². The topological polar surface area (TPSA) is 99.3 Å². The van der Waals surface area contributed by atoms with Crippen LogP contribution in [-0.2, 0) is 9.59 Å². The predicted octanol–water partition coefficient (Wildman–Crippen LogP) is 1.36. The van der Waals surface area contributed by atoms with Gasteiger partial charge in [-0.25, -0.2) is 0 Å². The van der Waals surface area contributed by atoms with Gasteiger partial charge in [-0.15, -0.1) is 12.4 Å². The molecule has 0 bridgehead atoms. The lowest BCUT2D eigenvalue weighted by Crippen LogP contribution is -2.37. The van der Waals surface area contributed by atoms with E-state index >= 15 is 0 Å². The van der Waals surface area contributed by atoms with Crippen molar-refractivity contribution in [3.63, 3.8) is 0 Å². The Morgan fingerprint density at radius 3 is 1.87 bits per heavy atom. The highest BCUT2D eigenvalue weighted by Gasteiger charge is 2.11. The largest absolute Gasteiger partial charge is 0.350 e. The number of carbonyl (C=O) groups is 3. The summed E-state index contributed by atoms with van der Waals surface area (Å²) < 4.78 is 0. The number of hydrogen-bond acceptors (Lipinski definition) is 4. The number of benzene rings is 1. The van der Waals surface area contributed by atoms with Gasteiger partial charge in [0.05, 0.1) is 0 Å². The van der Waals surface area contributed by atoms with Crippen LogP contribution in [0.2, 0.25) is 0 Å². The molecule has 0 saturated carbocycles. The molecule has 0 saturated heterocycles. The minimum absolute atomic E-state index is 0. The van der Waals surface area contributed by atoms with Crippen LogP contribution < -0.4 is 21.3 Å².